The Morgan fingerprint density at radius 3 is 2.25 bits per heavy atom. The van der Waals surface area contributed by atoms with Crippen LogP contribution in [0.4, 0.5) is 0 Å². The van der Waals surface area contributed by atoms with Crippen LogP contribution in [0.15, 0.2) is 30.3 Å². The molecule has 84 valence electrons. The maximum atomic E-state index is 6.12. The van der Waals surface area contributed by atoms with Crippen molar-refractivity contribution in [1.29, 1.82) is 0 Å². The molecule has 0 aromatic heterocycles. The van der Waals surface area contributed by atoms with Crippen molar-refractivity contribution in [2.24, 2.45) is 0 Å². The number of hydrogen-bond acceptors (Lipinski definition) is 1. The van der Waals surface area contributed by atoms with Crippen LogP contribution in [-0.2, 0) is 4.43 Å². The van der Waals surface area contributed by atoms with Gasteiger partial charge in [0.15, 0.2) is 8.32 Å². The van der Waals surface area contributed by atoms with Crippen molar-refractivity contribution in [2.75, 3.05) is 0 Å². The molecule has 0 bridgehead atoms. The summed E-state index contributed by atoms with van der Waals surface area (Å²) in [6.07, 6.45) is 2.19. The first-order valence-corrected chi connectivity index (χ1v) is 9.18. The molecule has 0 saturated heterocycles. The molecule has 1 aromatic carbocycles. The van der Waals surface area contributed by atoms with Gasteiger partial charge in [-0.25, -0.2) is 0 Å². The largest absolute Gasteiger partial charge is 0.402 e. The van der Waals surface area contributed by atoms with Crippen LogP contribution < -0.4 is 0 Å². The Morgan fingerprint density at radius 2 is 1.75 bits per heavy atom. The highest BCUT2D eigenvalue weighted by atomic mass is 28.4. The lowest BCUT2D eigenvalue weighted by atomic mass is 10.2. The third-order valence-electron chi connectivity index (χ3n) is 2.41. The summed E-state index contributed by atoms with van der Waals surface area (Å²) >= 11 is 0. The van der Waals surface area contributed by atoms with Gasteiger partial charge in [-0.1, -0.05) is 30.0 Å². The second-order valence-corrected chi connectivity index (χ2v) is 9.75. The fraction of sp³-hybridized carbons (Fsp3) is 0.429. The molecule has 1 fully saturated rings. The van der Waals surface area contributed by atoms with Gasteiger partial charge in [-0.05, 0) is 44.6 Å². The molecule has 0 unspecified atom stereocenters. The molecule has 1 nitrogen and oxygen atoms in total. The van der Waals surface area contributed by atoms with Crippen molar-refractivity contribution in [2.45, 2.75) is 38.1 Å². The van der Waals surface area contributed by atoms with Gasteiger partial charge in [0, 0.05) is 5.56 Å². The summed E-state index contributed by atoms with van der Waals surface area (Å²) in [7, 11) is -1.47. The van der Waals surface area contributed by atoms with Crippen LogP contribution in [0.2, 0.25) is 19.6 Å². The SMILES string of the molecule is C[Si](C)(C)OC1(C#Cc2ccccc2)CC1. The predicted octanol–water partition coefficient (Wildman–Crippen LogP) is 3.42. The van der Waals surface area contributed by atoms with Crippen molar-refractivity contribution in [1.82, 2.24) is 0 Å². The fourth-order valence-electron chi connectivity index (χ4n) is 1.66. The van der Waals surface area contributed by atoms with E-state index >= 15 is 0 Å². The van der Waals surface area contributed by atoms with Gasteiger partial charge in [0.2, 0.25) is 0 Å². The Balaban J connectivity index is 2.08. The monoisotopic (exact) mass is 230 g/mol. The first-order valence-electron chi connectivity index (χ1n) is 5.78. The number of benzene rings is 1. The Bertz CT molecular complexity index is 416. The van der Waals surface area contributed by atoms with Gasteiger partial charge in [-0.15, -0.1) is 0 Å². The minimum absolute atomic E-state index is 0.111. The lowest BCUT2D eigenvalue weighted by Crippen LogP contribution is -2.32. The fourth-order valence-corrected chi connectivity index (χ4v) is 3.09. The van der Waals surface area contributed by atoms with Crippen molar-refractivity contribution >= 4 is 8.32 Å². The highest BCUT2D eigenvalue weighted by molar-refractivity contribution is 6.69. The summed E-state index contributed by atoms with van der Waals surface area (Å²) in [6, 6.07) is 10.1. The van der Waals surface area contributed by atoms with E-state index in [-0.39, 0.29) is 5.60 Å². The Kier molecular flexibility index (Phi) is 2.92. The van der Waals surface area contributed by atoms with Crippen molar-refractivity contribution in [3.05, 3.63) is 35.9 Å². The Hall–Kier alpha value is -1.04. The maximum Gasteiger partial charge on any atom is 0.185 e. The molecule has 0 amide bonds. The van der Waals surface area contributed by atoms with Crippen molar-refractivity contribution in [3.8, 4) is 11.8 Å². The van der Waals surface area contributed by atoms with E-state index in [0.29, 0.717) is 0 Å². The molecule has 0 heterocycles. The molecular weight excluding hydrogens is 212 g/mol. The van der Waals surface area contributed by atoms with Gasteiger partial charge < -0.3 is 4.43 Å². The Morgan fingerprint density at radius 1 is 1.12 bits per heavy atom. The summed E-state index contributed by atoms with van der Waals surface area (Å²) in [5, 5.41) is 0. The molecule has 1 aliphatic rings. The first kappa shape index (κ1) is 11.4. The van der Waals surface area contributed by atoms with E-state index in [1.54, 1.807) is 0 Å². The minimum atomic E-state index is -1.47. The van der Waals surface area contributed by atoms with Gasteiger partial charge in [0.1, 0.15) is 5.60 Å². The van der Waals surface area contributed by atoms with Crippen LogP contribution in [0.3, 0.4) is 0 Å². The van der Waals surface area contributed by atoms with Crippen LogP contribution in [0.5, 0.6) is 0 Å². The van der Waals surface area contributed by atoms with Crippen LogP contribution in [-0.4, -0.2) is 13.9 Å². The highest BCUT2D eigenvalue weighted by Crippen LogP contribution is 2.41. The Labute approximate surface area is 99.0 Å². The van der Waals surface area contributed by atoms with Crippen LogP contribution >= 0.6 is 0 Å². The lowest BCUT2D eigenvalue weighted by molar-refractivity contribution is 0.232. The van der Waals surface area contributed by atoms with E-state index in [0.717, 1.165) is 18.4 Å². The topological polar surface area (TPSA) is 9.23 Å². The van der Waals surface area contributed by atoms with Gasteiger partial charge in [-0.2, -0.15) is 0 Å². The zero-order chi connectivity index (χ0) is 11.6. The van der Waals surface area contributed by atoms with E-state index in [4.69, 9.17) is 4.43 Å². The molecule has 0 atom stereocenters. The molecule has 2 heteroatoms. The normalized spacial score (nSPS) is 17.4. The second kappa shape index (κ2) is 4.08. The smallest absolute Gasteiger partial charge is 0.185 e. The molecule has 0 radical (unpaired) electrons. The van der Waals surface area contributed by atoms with E-state index in [9.17, 15) is 0 Å². The average molecular weight is 230 g/mol. The molecule has 16 heavy (non-hydrogen) atoms. The summed E-state index contributed by atoms with van der Waals surface area (Å²) in [5.41, 5.74) is 0.966. The average Bonchev–Trinajstić information content (AvgIpc) is 2.95. The molecule has 0 aliphatic heterocycles. The maximum absolute atomic E-state index is 6.12. The minimum Gasteiger partial charge on any atom is -0.402 e. The van der Waals surface area contributed by atoms with E-state index in [1.165, 1.54) is 0 Å². The predicted molar refractivity (Wildman–Crippen MR) is 69.7 cm³/mol. The number of hydrogen-bond donors (Lipinski definition) is 0. The first-order chi connectivity index (χ1) is 7.49. The third-order valence-corrected chi connectivity index (χ3v) is 3.42. The summed E-state index contributed by atoms with van der Waals surface area (Å²) in [4.78, 5) is 0. The van der Waals surface area contributed by atoms with Gasteiger partial charge in [0.05, 0.1) is 0 Å². The van der Waals surface area contributed by atoms with Gasteiger partial charge in [-0.3, -0.25) is 0 Å². The second-order valence-electron chi connectivity index (χ2n) is 5.32. The molecule has 1 saturated carbocycles. The van der Waals surface area contributed by atoms with Gasteiger partial charge in [0.25, 0.3) is 0 Å². The lowest BCUT2D eigenvalue weighted by Gasteiger charge is -2.22. The molecule has 0 N–H and O–H groups in total. The quantitative estimate of drug-likeness (QED) is 0.559. The molecule has 1 aliphatic carbocycles. The van der Waals surface area contributed by atoms with E-state index in [2.05, 4.69) is 31.5 Å². The summed E-state index contributed by atoms with van der Waals surface area (Å²) < 4.78 is 6.12. The summed E-state index contributed by atoms with van der Waals surface area (Å²) in [5.74, 6) is 6.52. The zero-order valence-electron chi connectivity index (χ0n) is 10.2. The summed E-state index contributed by atoms with van der Waals surface area (Å²) in [6.45, 7) is 6.66. The third kappa shape index (κ3) is 3.23. The molecular formula is C14H18OSi. The van der Waals surface area contributed by atoms with Crippen molar-refractivity contribution in [3.63, 3.8) is 0 Å². The van der Waals surface area contributed by atoms with Gasteiger partial charge >= 0.3 is 0 Å². The molecule has 0 spiro atoms. The van der Waals surface area contributed by atoms with Crippen LogP contribution in [0.1, 0.15) is 18.4 Å². The van der Waals surface area contributed by atoms with Crippen LogP contribution in [0.25, 0.3) is 0 Å². The van der Waals surface area contributed by atoms with Crippen molar-refractivity contribution < 1.29 is 4.43 Å². The zero-order valence-corrected chi connectivity index (χ0v) is 11.2. The van der Waals surface area contributed by atoms with Crippen LogP contribution in [0, 0.1) is 11.8 Å². The van der Waals surface area contributed by atoms with E-state index in [1.807, 2.05) is 30.3 Å². The van der Waals surface area contributed by atoms with E-state index < -0.39 is 8.32 Å². The molecule has 1 aromatic rings. The highest BCUT2D eigenvalue weighted by Gasteiger charge is 2.45. The molecule has 2 rings (SSSR count). The number of rotatable bonds is 2. The standard InChI is InChI=1S/C14H18OSi/c1-16(2,3)15-14(11-12-14)10-9-13-7-5-4-6-8-13/h4-8H,11-12H2,1-3H3.